The van der Waals surface area contributed by atoms with Gasteiger partial charge in [-0.1, -0.05) is 31.0 Å². The van der Waals surface area contributed by atoms with Gasteiger partial charge >= 0.3 is 0 Å². The highest BCUT2D eigenvalue weighted by Crippen LogP contribution is 2.15. The van der Waals surface area contributed by atoms with Crippen molar-refractivity contribution in [1.29, 1.82) is 0 Å². The third-order valence-corrected chi connectivity index (χ3v) is 3.88. The monoisotopic (exact) mass is 276 g/mol. The molecule has 110 valence electrons. The van der Waals surface area contributed by atoms with Gasteiger partial charge in [0.15, 0.2) is 0 Å². The molecule has 1 amide bonds. The fourth-order valence-corrected chi connectivity index (χ4v) is 2.58. The van der Waals surface area contributed by atoms with Gasteiger partial charge in [0.2, 0.25) is 5.91 Å². The number of likely N-dealkylation sites (tertiary alicyclic amines) is 1. The van der Waals surface area contributed by atoms with E-state index in [4.69, 9.17) is 0 Å². The lowest BCUT2D eigenvalue weighted by atomic mass is 10.2. The number of nitrogens with zero attached hydrogens (tertiary/aromatic N) is 1. The number of benzene rings is 1. The zero-order chi connectivity index (χ0) is 14.4. The first kappa shape index (κ1) is 14.9. The summed E-state index contributed by atoms with van der Waals surface area (Å²) in [7, 11) is 0. The average Bonchev–Trinajstić information content (AvgIpc) is 2.74. The summed E-state index contributed by atoms with van der Waals surface area (Å²) in [5.74, 6) is 0.441. The molecule has 0 radical (unpaired) electrons. The Morgan fingerprint density at radius 3 is 2.55 bits per heavy atom. The summed E-state index contributed by atoms with van der Waals surface area (Å²) in [5.41, 5.74) is 0.822. The van der Waals surface area contributed by atoms with Crippen LogP contribution in [0, 0.1) is 0 Å². The van der Waals surface area contributed by atoms with Gasteiger partial charge in [-0.3, -0.25) is 4.79 Å². The van der Waals surface area contributed by atoms with Crippen LogP contribution in [0.3, 0.4) is 0 Å². The van der Waals surface area contributed by atoms with Crippen molar-refractivity contribution in [3.63, 3.8) is 0 Å². The number of carbonyl (C=O) groups is 1. The van der Waals surface area contributed by atoms with E-state index in [0.29, 0.717) is 6.54 Å². The van der Waals surface area contributed by atoms with Crippen LogP contribution < -0.4 is 5.32 Å². The molecule has 1 aliphatic rings. The molecule has 1 fully saturated rings. The van der Waals surface area contributed by atoms with Gasteiger partial charge in [-0.2, -0.15) is 0 Å². The third kappa shape index (κ3) is 3.97. The van der Waals surface area contributed by atoms with E-state index in [1.54, 1.807) is 12.1 Å². The standard InChI is InChI=1S/C16H24N2O2/c1-13(16(20)18-10-6-2-3-7-11-18)17-12-14-8-4-5-9-15(14)19/h4-5,8-9,13,17,19H,2-3,6-7,10-12H2,1H3. The van der Waals surface area contributed by atoms with E-state index >= 15 is 0 Å². The minimum atomic E-state index is -0.215. The van der Waals surface area contributed by atoms with Gasteiger partial charge in [0.05, 0.1) is 6.04 Å². The second-order valence-electron chi connectivity index (χ2n) is 5.47. The Bertz CT molecular complexity index is 440. The summed E-state index contributed by atoms with van der Waals surface area (Å²) in [6.45, 7) is 4.16. The van der Waals surface area contributed by atoms with Crippen molar-refractivity contribution in [1.82, 2.24) is 10.2 Å². The Morgan fingerprint density at radius 1 is 1.25 bits per heavy atom. The fraction of sp³-hybridized carbons (Fsp3) is 0.562. The van der Waals surface area contributed by atoms with Crippen LogP contribution in [-0.4, -0.2) is 35.0 Å². The van der Waals surface area contributed by atoms with Gasteiger partial charge in [-0.05, 0) is 25.8 Å². The summed E-state index contributed by atoms with van der Waals surface area (Å²) in [6.07, 6.45) is 4.67. The number of carbonyl (C=O) groups excluding carboxylic acids is 1. The number of hydrogen-bond acceptors (Lipinski definition) is 3. The van der Waals surface area contributed by atoms with Gasteiger partial charge in [0.1, 0.15) is 5.75 Å². The van der Waals surface area contributed by atoms with Crippen LogP contribution in [0.4, 0.5) is 0 Å². The molecule has 0 aromatic heterocycles. The number of hydrogen-bond donors (Lipinski definition) is 2. The molecule has 2 rings (SSSR count). The zero-order valence-electron chi connectivity index (χ0n) is 12.1. The van der Waals surface area contributed by atoms with Crippen molar-refractivity contribution < 1.29 is 9.90 Å². The first-order valence-corrected chi connectivity index (χ1v) is 7.47. The second-order valence-corrected chi connectivity index (χ2v) is 5.47. The molecule has 1 aliphatic heterocycles. The quantitative estimate of drug-likeness (QED) is 0.887. The molecule has 0 bridgehead atoms. The maximum absolute atomic E-state index is 12.4. The van der Waals surface area contributed by atoms with Crippen LogP contribution in [-0.2, 0) is 11.3 Å². The van der Waals surface area contributed by atoms with Crippen LogP contribution in [0.5, 0.6) is 5.75 Å². The summed E-state index contributed by atoms with van der Waals surface area (Å²) in [6, 6.07) is 7.00. The number of phenolic OH excluding ortho intramolecular Hbond substituents is 1. The molecule has 1 saturated heterocycles. The van der Waals surface area contributed by atoms with Crippen LogP contribution in [0.1, 0.15) is 38.2 Å². The highest BCUT2D eigenvalue weighted by atomic mass is 16.3. The SMILES string of the molecule is CC(NCc1ccccc1O)C(=O)N1CCCCCC1. The van der Waals surface area contributed by atoms with Crippen molar-refractivity contribution >= 4 is 5.91 Å². The van der Waals surface area contributed by atoms with E-state index in [-0.39, 0.29) is 17.7 Å². The molecule has 0 aliphatic carbocycles. The Labute approximate surface area is 120 Å². The normalized spacial score (nSPS) is 17.6. The Hall–Kier alpha value is -1.55. The topological polar surface area (TPSA) is 52.6 Å². The second kappa shape index (κ2) is 7.29. The lowest BCUT2D eigenvalue weighted by Gasteiger charge is -2.24. The van der Waals surface area contributed by atoms with Crippen LogP contribution >= 0.6 is 0 Å². The number of phenols is 1. The van der Waals surface area contributed by atoms with Crippen LogP contribution in [0.25, 0.3) is 0 Å². The van der Waals surface area contributed by atoms with Crippen molar-refractivity contribution in [3.8, 4) is 5.75 Å². The van der Waals surface area contributed by atoms with Crippen LogP contribution in [0.15, 0.2) is 24.3 Å². The molecule has 4 heteroatoms. The maximum atomic E-state index is 12.4. The first-order valence-electron chi connectivity index (χ1n) is 7.47. The molecule has 1 aromatic rings. The molecule has 0 saturated carbocycles. The molecule has 1 aromatic carbocycles. The molecule has 1 heterocycles. The lowest BCUT2D eigenvalue weighted by molar-refractivity contribution is -0.133. The van der Waals surface area contributed by atoms with E-state index in [1.165, 1.54) is 12.8 Å². The highest BCUT2D eigenvalue weighted by molar-refractivity contribution is 5.81. The van der Waals surface area contributed by atoms with Gasteiger partial charge in [-0.25, -0.2) is 0 Å². The van der Waals surface area contributed by atoms with E-state index in [1.807, 2.05) is 24.0 Å². The number of para-hydroxylation sites is 1. The number of nitrogens with one attached hydrogen (secondary N) is 1. The van der Waals surface area contributed by atoms with Crippen molar-refractivity contribution in [3.05, 3.63) is 29.8 Å². The summed E-state index contributed by atoms with van der Waals surface area (Å²) >= 11 is 0. The molecule has 2 N–H and O–H groups in total. The van der Waals surface area contributed by atoms with Gasteiger partial charge in [0, 0.05) is 25.2 Å². The van der Waals surface area contributed by atoms with Crippen molar-refractivity contribution in [2.24, 2.45) is 0 Å². The molecule has 4 nitrogen and oxygen atoms in total. The van der Waals surface area contributed by atoms with Gasteiger partial charge in [0.25, 0.3) is 0 Å². The largest absolute Gasteiger partial charge is 0.508 e. The molecular formula is C16H24N2O2. The van der Waals surface area contributed by atoms with E-state index in [2.05, 4.69) is 5.32 Å². The summed E-state index contributed by atoms with van der Waals surface area (Å²) in [5, 5.41) is 12.9. The van der Waals surface area contributed by atoms with Crippen molar-refractivity contribution in [2.45, 2.75) is 45.2 Å². The molecule has 1 unspecified atom stereocenters. The summed E-state index contributed by atoms with van der Waals surface area (Å²) < 4.78 is 0. The third-order valence-electron chi connectivity index (χ3n) is 3.88. The predicted octanol–water partition coefficient (Wildman–Crippen LogP) is 2.27. The smallest absolute Gasteiger partial charge is 0.239 e. The van der Waals surface area contributed by atoms with Gasteiger partial charge in [-0.15, -0.1) is 0 Å². The van der Waals surface area contributed by atoms with E-state index in [9.17, 15) is 9.90 Å². The van der Waals surface area contributed by atoms with Crippen molar-refractivity contribution in [2.75, 3.05) is 13.1 Å². The molecule has 1 atom stereocenters. The zero-order valence-corrected chi connectivity index (χ0v) is 12.1. The first-order chi connectivity index (χ1) is 9.68. The minimum Gasteiger partial charge on any atom is -0.508 e. The Morgan fingerprint density at radius 2 is 1.90 bits per heavy atom. The highest BCUT2D eigenvalue weighted by Gasteiger charge is 2.21. The predicted molar refractivity (Wildman–Crippen MR) is 79.5 cm³/mol. The maximum Gasteiger partial charge on any atom is 0.239 e. The fourth-order valence-electron chi connectivity index (χ4n) is 2.58. The Kier molecular flexibility index (Phi) is 5.41. The average molecular weight is 276 g/mol. The number of aromatic hydroxyl groups is 1. The van der Waals surface area contributed by atoms with Crippen LogP contribution in [0.2, 0.25) is 0 Å². The molecule has 20 heavy (non-hydrogen) atoms. The summed E-state index contributed by atoms with van der Waals surface area (Å²) in [4.78, 5) is 14.3. The van der Waals surface area contributed by atoms with E-state index in [0.717, 1.165) is 31.5 Å². The lowest BCUT2D eigenvalue weighted by Crippen LogP contribution is -2.45. The minimum absolute atomic E-state index is 0.169. The van der Waals surface area contributed by atoms with Gasteiger partial charge < -0.3 is 15.3 Å². The molecule has 0 spiro atoms. The number of rotatable bonds is 4. The Balaban J connectivity index is 1.86. The number of amides is 1. The molecular weight excluding hydrogens is 252 g/mol. The van der Waals surface area contributed by atoms with E-state index < -0.39 is 0 Å².